The predicted octanol–water partition coefficient (Wildman–Crippen LogP) is 5.12. The fourth-order valence-corrected chi connectivity index (χ4v) is 5.42. The molecule has 0 bridgehead atoms. The highest BCUT2D eigenvalue weighted by atomic mass is 32.2. The molecular weight excluding hydrogens is 366 g/mol. The van der Waals surface area contributed by atoms with E-state index < -0.39 is 0 Å². The summed E-state index contributed by atoms with van der Waals surface area (Å²) >= 11 is 3.66. The number of rotatable bonds is 10. The summed E-state index contributed by atoms with van der Waals surface area (Å²) in [7, 11) is 9.27. The van der Waals surface area contributed by atoms with Crippen molar-refractivity contribution < 1.29 is 14.2 Å². The normalized spacial score (nSPS) is 13.5. The van der Waals surface area contributed by atoms with Crippen LogP contribution in [0.25, 0.3) is 0 Å². The monoisotopic (exact) mass is 395 g/mol. The molecule has 0 aliphatic rings. The van der Waals surface area contributed by atoms with Gasteiger partial charge in [0.25, 0.3) is 0 Å². The van der Waals surface area contributed by atoms with Gasteiger partial charge in [-0.3, -0.25) is 4.90 Å². The van der Waals surface area contributed by atoms with E-state index in [9.17, 15) is 0 Å². The van der Waals surface area contributed by atoms with Crippen molar-refractivity contribution in [2.45, 2.75) is 30.2 Å². The van der Waals surface area contributed by atoms with E-state index in [1.807, 2.05) is 35.2 Å². The SMILES string of the molecule is CCC(CCSc1cc(OC)c(OC)c(OC)c1)(c1cccs1)N(C)C. The number of methoxy groups -OCH3 is 3. The molecule has 1 heterocycles. The molecule has 0 radical (unpaired) electrons. The van der Waals surface area contributed by atoms with E-state index in [-0.39, 0.29) is 5.54 Å². The van der Waals surface area contributed by atoms with Gasteiger partial charge in [-0.2, -0.15) is 0 Å². The number of nitrogens with zero attached hydrogens (tertiary/aromatic N) is 1. The lowest BCUT2D eigenvalue weighted by Crippen LogP contribution is -2.40. The Morgan fingerprint density at radius 2 is 1.73 bits per heavy atom. The van der Waals surface area contributed by atoms with Crippen molar-refractivity contribution >= 4 is 23.1 Å². The molecule has 6 heteroatoms. The van der Waals surface area contributed by atoms with Gasteiger partial charge in [0.2, 0.25) is 5.75 Å². The zero-order valence-electron chi connectivity index (χ0n) is 16.5. The summed E-state index contributed by atoms with van der Waals surface area (Å²) in [5.41, 5.74) is 0.0712. The Hall–Kier alpha value is -1.37. The quantitative estimate of drug-likeness (QED) is 0.521. The van der Waals surface area contributed by atoms with Crippen LogP contribution in [0.1, 0.15) is 24.6 Å². The highest BCUT2D eigenvalue weighted by molar-refractivity contribution is 7.99. The van der Waals surface area contributed by atoms with Crippen molar-refractivity contribution in [3.8, 4) is 17.2 Å². The molecule has 0 spiro atoms. The summed E-state index contributed by atoms with van der Waals surface area (Å²) in [5, 5.41) is 2.16. The van der Waals surface area contributed by atoms with E-state index in [4.69, 9.17) is 14.2 Å². The summed E-state index contributed by atoms with van der Waals surface area (Å²) in [6.07, 6.45) is 2.15. The Kier molecular flexibility index (Phi) is 7.68. The summed E-state index contributed by atoms with van der Waals surface area (Å²) in [6, 6.07) is 8.42. The highest BCUT2D eigenvalue weighted by Crippen LogP contribution is 2.43. The van der Waals surface area contributed by atoms with Crippen LogP contribution in [0.5, 0.6) is 17.2 Å². The number of benzene rings is 1. The Morgan fingerprint density at radius 3 is 2.15 bits per heavy atom. The second-order valence-electron chi connectivity index (χ2n) is 6.22. The number of thioether (sulfide) groups is 1. The summed E-state index contributed by atoms with van der Waals surface area (Å²) < 4.78 is 16.3. The van der Waals surface area contributed by atoms with Crippen molar-refractivity contribution in [2.75, 3.05) is 41.2 Å². The van der Waals surface area contributed by atoms with Gasteiger partial charge in [-0.1, -0.05) is 13.0 Å². The fraction of sp³-hybridized carbons (Fsp3) is 0.500. The van der Waals surface area contributed by atoms with Gasteiger partial charge in [0.15, 0.2) is 11.5 Å². The van der Waals surface area contributed by atoms with Gasteiger partial charge in [-0.15, -0.1) is 23.1 Å². The molecule has 1 unspecified atom stereocenters. The molecule has 1 aromatic carbocycles. The maximum atomic E-state index is 5.46. The third-order valence-corrected chi connectivity index (χ3v) is 6.88. The maximum Gasteiger partial charge on any atom is 0.203 e. The van der Waals surface area contributed by atoms with E-state index in [0.717, 1.165) is 23.5 Å². The first-order valence-corrected chi connectivity index (χ1v) is 10.5. The second-order valence-corrected chi connectivity index (χ2v) is 8.33. The van der Waals surface area contributed by atoms with Crippen LogP contribution in [0.2, 0.25) is 0 Å². The van der Waals surface area contributed by atoms with Crippen molar-refractivity contribution in [3.63, 3.8) is 0 Å². The van der Waals surface area contributed by atoms with Gasteiger partial charge in [0.1, 0.15) is 0 Å². The Labute approximate surface area is 165 Å². The first-order valence-electron chi connectivity index (χ1n) is 8.66. The molecule has 144 valence electrons. The van der Waals surface area contributed by atoms with E-state index in [1.165, 1.54) is 4.88 Å². The Bertz CT molecular complexity index is 663. The molecule has 0 saturated heterocycles. The van der Waals surface area contributed by atoms with Crippen LogP contribution in [0.3, 0.4) is 0 Å². The first-order chi connectivity index (χ1) is 12.5. The first kappa shape index (κ1) is 20.9. The predicted molar refractivity (Wildman–Crippen MR) is 111 cm³/mol. The molecule has 0 aliphatic heterocycles. The standard InChI is InChI=1S/C20H29NO3S2/c1-7-20(21(2)3,18-9-8-11-26-18)10-12-25-15-13-16(22-4)19(24-6)17(14-15)23-5/h8-9,11,13-14H,7,10,12H2,1-6H3. The average molecular weight is 396 g/mol. The lowest BCUT2D eigenvalue weighted by Gasteiger charge is -2.39. The van der Waals surface area contributed by atoms with Gasteiger partial charge in [-0.05, 0) is 50.5 Å². The number of ether oxygens (including phenoxy) is 3. The largest absolute Gasteiger partial charge is 0.493 e. The molecular formula is C20H29NO3S2. The van der Waals surface area contributed by atoms with Crippen molar-refractivity contribution in [1.29, 1.82) is 0 Å². The van der Waals surface area contributed by atoms with Gasteiger partial charge in [0.05, 0.1) is 26.9 Å². The van der Waals surface area contributed by atoms with Crippen LogP contribution < -0.4 is 14.2 Å². The number of hydrogen-bond donors (Lipinski definition) is 0. The van der Waals surface area contributed by atoms with E-state index in [0.29, 0.717) is 17.2 Å². The van der Waals surface area contributed by atoms with Gasteiger partial charge in [-0.25, -0.2) is 0 Å². The third kappa shape index (κ3) is 4.30. The lowest BCUT2D eigenvalue weighted by molar-refractivity contribution is 0.144. The van der Waals surface area contributed by atoms with Crippen molar-refractivity contribution in [2.24, 2.45) is 0 Å². The molecule has 0 saturated carbocycles. The summed E-state index contributed by atoms with van der Waals surface area (Å²) in [6.45, 7) is 2.27. The van der Waals surface area contributed by atoms with Crippen molar-refractivity contribution in [3.05, 3.63) is 34.5 Å². The summed E-state index contributed by atoms with van der Waals surface area (Å²) in [4.78, 5) is 4.90. The molecule has 0 N–H and O–H groups in total. The number of hydrogen-bond acceptors (Lipinski definition) is 6. The molecule has 26 heavy (non-hydrogen) atoms. The van der Waals surface area contributed by atoms with Crippen LogP contribution in [-0.2, 0) is 5.54 Å². The third-order valence-electron chi connectivity index (χ3n) is 4.84. The van der Waals surface area contributed by atoms with E-state index in [1.54, 1.807) is 21.3 Å². The molecule has 0 amide bonds. The minimum atomic E-state index is 0.0712. The minimum Gasteiger partial charge on any atom is -0.493 e. The van der Waals surface area contributed by atoms with Crippen LogP contribution >= 0.6 is 23.1 Å². The smallest absolute Gasteiger partial charge is 0.203 e. The number of thiophene rings is 1. The molecule has 1 aromatic heterocycles. The zero-order valence-corrected chi connectivity index (χ0v) is 18.1. The summed E-state index contributed by atoms with van der Waals surface area (Å²) in [5.74, 6) is 3.03. The fourth-order valence-electron chi connectivity index (χ4n) is 3.26. The van der Waals surface area contributed by atoms with Crippen molar-refractivity contribution in [1.82, 2.24) is 4.90 Å². The molecule has 2 rings (SSSR count). The van der Waals surface area contributed by atoms with Gasteiger partial charge >= 0.3 is 0 Å². The zero-order chi connectivity index (χ0) is 19.2. The van der Waals surface area contributed by atoms with Crippen LogP contribution in [0.15, 0.2) is 34.5 Å². The molecule has 4 nitrogen and oxygen atoms in total. The molecule has 1 atom stereocenters. The van der Waals surface area contributed by atoms with E-state index >= 15 is 0 Å². The minimum absolute atomic E-state index is 0.0712. The van der Waals surface area contributed by atoms with Crippen LogP contribution in [0.4, 0.5) is 0 Å². The van der Waals surface area contributed by atoms with Crippen LogP contribution in [-0.4, -0.2) is 46.1 Å². The molecule has 0 aliphatic carbocycles. The Morgan fingerprint density at radius 1 is 1.08 bits per heavy atom. The molecule has 0 fully saturated rings. The highest BCUT2D eigenvalue weighted by Gasteiger charge is 2.33. The van der Waals surface area contributed by atoms with E-state index in [2.05, 4.69) is 43.4 Å². The van der Waals surface area contributed by atoms with Gasteiger partial charge in [0, 0.05) is 15.5 Å². The maximum absolute atomic E-state index is 5.46. The average Bonchev–Trinajstić information content (AvgIpc) is 3.19. The topological polar surface area (TPSA) is 30.9 Å². The lowest BCUT2D eigenvalue weighted by atomic mass is 9.89. The Balaban J connectivity index is 2.17. The second kappa shape index (κ2) is 9.53. The van der Waals surface area contributed by atoms with Crippen LogP contribution in [0, 0.1) is 0 Å². The molecule has 2 aromatic rings. The van der Waals surface area contributed by atoms with Gasteiger partial charge < -0.3 is 14.2 Å².